The van der Waals surface area contributed by atoms with Gasteiger partial charge < -0.3 is 15.4 Å². The quantitative estimate of drug-likeness (QED) is 0.776. The van der Waals surface area contributed by atoms with Crippen molar-refractivity contribution in [2.45, 2.75) is 19.4 Å². The molecule has 0 bridgehead atoms. The number of amides is 1. The first-order valence-electron chi connectivity index (χ1n) is 6.97. The Bertz CT molecular complexity index is 774. The highest BCUT2D eigenvalue weighted by molar-refractivity contribution is 5.93. The van der Waals surface area contributed by atoms with Crippen LogP contribution >= 0.6 is 0 Å². The Kier molecular flexibility index (Phi) is 5.23. The highest BCUT2D eigenvalue weighted by atomic mass is 19.1. The van der Waals surface area contributed by atoms with Gasteiger partial charge in [0.1, 0.15) is 17.2 Å². The van der Waals surface area contributed by atoms with Gasteiger partial charge in [0.25, 0.3) is 11.5 Å². The van der Waals surface area contributed by atoms with E-state index in [2.05, 4.69) is 10.3 Å². The Morgan fingerprint density at radius 2 is 2.04 bits per heavy atom. The highest BCUT2D eigenvalue weighted by Crippen LogP contribution is 2.11. The Balaban J connectivity index is 1.94. The molecule has 1 heterocycles. The van der Waals surface area contributed by atoms with Crippen molar-refractivity contribution in [1.29, 1.82) is 0 Å². The molecular weight excluding hydrogens is 306 g/mol. The molecule has 1 atom stereocenters. The van der Waals surface area contributed by atoms with E-state index in [-0.39, 0.29) is 24.1 Å². The van der Waals surface area contributed by atoms with Crippen molar-refractivity contribution in [2.75, 3.05) is 6.54 Å². The normalized spacial score (nSPS) is 12.0. The molecule has 0 aliphatic rings. The fourth-order valence-corrected chi connectivity index (χ4v) is 2.07. The number of aryl methyl sites for hydroxylation is 1. The van der Waals surface area contributed by atoms with Crippen LogP contribution in [-0.2, 0) is 6.42 Å². The zero-order valence-electron chi connectivity index (χ0n) is 12.4. The molecule has 2 aromatic rings. The second kappa shape index (κ2) is 7.15. The van der Waals surface area contributed by atoms with Gasteiger partial charge in [0, 0.05) is 24.7 Å². The Morgan fingerprint density at radius 3 is 2.70 bits per heavy atom. The summed E-state index contributed by atoms with van der Waals surface area (Å²) in [4.78, 5) is 26.0. The smallest absolute Gasteiger partial charge is 0.260 e. The minimum absolute atomic E-state index is 0.0734. The third-order valence-corrected chi connectivity index (χ3v) is 3.27. The van der Waals surface area contributed by atoms with Gasteiger partial charge in [0.2, 0.25) is 0 Å². The van der Waals surface area contributed by atoms with E-state index in [4.69, 9.17) is 0 Å². The number of aliphatic hydroxyl groups excluding tert-OH is 1. The number of H-pyrrole nitrogens is 1. The molecule has 0 saturated carbocycles. The van der Waals surface area contributed by atoms with Crippen LogP contribution < -0.4 is 10.9 Å². The topological polar surface area (TPSA) is 82.2 Å². The van der Waals surface area contributed by atoms with Gasteiger partial charge >= 0.3 is 0 Å². The largest absolute Gasteiger partial charge is 0.391 e. The van der Waals surface area contributed by atoms with Crippen molar-refractivity contribution in [3.8, 4) is 0 Å². The molecular formula is C16H16F2N2O3. The molecule has 0 fully saturated rings. The average molecular weight is 322 g/mol. The summed E-state index contributed by atoms with van der Waals surface area (Å²) in [6.07, 6.45) is -1.15. The van der Waals surface area contributed by atoms with Gasteiger partial charge in [-0.05, 0) is 30.7 Å². The highest BCUT2D eigenvalue weighted by Gasteiger charge is 2.14. The molecule has 0 unspecified atom stereocenters. The van der Waals surface area contributed by atoms with Crippen molar-refractivity contribution in [2.24, 2.45) is 0 Å². The lowest BCUT2D eigenvalue weighted by molar-refractivity contribution is 0.0914. The maximum atomic E-state index is 13.5. The van der Waals surface area contributed by atoms with E-state index in [1.165, 1.54) is 12.1 Å². The number of aliphatic hydroxyl groups is 1. The lowest BCUT2D eigenvalue weighted by Gasteiger charge is -2.12. The molecule has 2 rings (SSSR count). The number of carbonyl (C=O) groups is 1. The third-order valence-electron chi connectivity index (χ3n) is 3.27. The number of carbonyl (C=O) groups excluding carboxylic acids is 1. The average Bonchev–Trinajstić information content (AvgIpc) is 2.48. The van der Waals surface area contributed by atoms with Gasteiger partial charge in [-0.2, -0.15) is 0 Å². The molecule has 23 heavy (non-hydrogen) atoms. The standard InChI is InChI=1S/C16H16F2N2O3/c1-9-2-5-13(16(23)20-9)15(22)19-8-12(21)6-10-3-4-11(17)7-14(10)18/h2-5,7,12,21H,6,8H2,1H3,(H,19,22)(H,20,23)/t12-/m0/s1. The first kappa shape index (κ1) is 16.8. The molecule has 0 radical (unpaired) electrons. The van der Waals surface area contributed by atoms with E-state index in [1.54, 1.807) is 13.0 Å². The summed E-state index contributed by atoms with van der Waals surface area (Å²) < 4.78 is 26.3. The van der Waals surface area contributed by atoms with Gasteiger partial charge in [-0.25, -0.2) is 8.78 Å². The molecule has 0 spiro atoms. The van der Waals surface area contributed by atoms with Gasteiger partial charge in [-0.3, -0.25) is 9.59 Å². The number of aromatic amines is 1. The molecule has 1 aromatic heterocycles. The molecule has 1 amide bonds. The first-order valence-corrected chi connectivity index (χ1v) is 6.97. The summed E-state index contributed by atoms with van der Waals surface area (Å²) in [6.45, 7) is 1.52. The number of aromatic nitrogens is 1. The fourth-order valence-electron chi connectivity index (χ4n) is 2.07. The van der Waals surface area contributed by atoms with Gasteiger partial charge in [-0.1, -0.05) is 6.07 Å². The second-order valence-corrected chi connectivity index (χ2v) is 5.19. The maximum Gasteiger partial charge on any atom is 0.260 e. The van der Waals surface area contributed by atoms with Crippen LogP contribution in [0.2, 0.25) is 0 Å². The first-order chi connectivity index (χ1) is 10.9. The monoisotopic (exact) mass is 322 g/mol. The van der Waals surface area contributed by atoms with Crippen LogP contribution in [0.4, 0.5) is 8.78 Å². The molecule has 0 aliphatic heterocycles. The van der Waals surface area contributed by atoms with Crippen LogP contribution in [-0.4, -0.2) is 28.6 Å². The lowest BCUT2D eigenvalue weighted by Crippen LogP contribution is -2.36. The SMILES string of the molecule is Cc1ccc(C(=O)NC[C@@H](O)Cc2ccc(F)cc2F)c(=O)[nH]1. The van der Waals surface area contributed by atoms with Crippen LogP contribution in [0.5, 0.6) is 0 Å². The van der Waals surface area contributed by atoms with Crippen molar-refractivity contribution in [3.63, 3.8) is 0 Å². The predicted octanol–water partition coefficient (Wildman–Crippen LogP) is 1.29. The Hall–Kier alpha value is -2.54. The summed E-state index contributed by atoms with van der Waals surface area (Å²) in [5.74, 6) is -2.09. The summed E-state index contributed by atoms with van der Waals surface area (Å²) in [7, 11) is 0. The number of hydrogen-bond donors (Lipinski definition) is 3. The van der Waals surface area contributed by atoms with Crippen LogP contribution in [0.25, 0.3) is 0 Å². The minimum Gasteiger partial charge on any atom is -0.391 e. The fraction of sp³-hybridized carbons (Fsp3) is 0.250. The number of benzene rings is 1. The summed E-state index contributed by atoms with van der Waals surface area (Å²) in [5, 5.41) is 12.2. The molecule has 3 N–H and O–H groups in total. The van der Waals surface area contributed by atoms with Gasteiger partial charge in [0.15, 0.2) is 0 Å². The molecule has 7 heteroatoms. The molecule has 5 nitrogen and oxygen atoms in total. The number of hydrogen-bond acceptors (Lipinski definition) is 3. The zero-order valence-corrected chi connectivity index (χ0v) is 12.4. The van der Waals surface area contributed by atoms with Gasteiger partial charge in [-0.15, -0.1) is 0 Å². The Labute approximate surface area is 131 Å². The van der Waals surface area contributed by atoms with E-state index >= 15 is 0 Å². The number of halogens is 2. The van der Waals surface area contributed by atoms with E-state index in [1.807, 2.05) is 0 Å². The third kappa shape index (κ3) is 4.46. The van der Waals surface area contributed by atoms with Crippen molar-refractivity contribution >= 4 is 5.91 Å². The van der Waals surface area contributed by atoms with Crippen LogP contribution in [0, 0.1) is 18.6 Å². The molecule has 122 valence electrons. The van der Waals surface area contributed by atoms with Crippen LogP contribution in [0.1, 0.15) is 21.6 Å². The Morgan fingerprint density at radius 1 is 1.30 bits per heavy atom. The van der Waals surface area contributed by atoms with Gasteiger partial charge in [0.05, 0.1) is 6.10 Å². The van der Waals surface area contributed by atoms with Crippen molar-refractivity contribution in [3.05, 3.63) is 69.1 Å². The van der Waals surface area contributed by atoms with Crippen LogP contribution in [0.3, 0.4) is 0 Å². The van der Waals surface area contributed by atoms with E-state index in [0.29, 0.717) is 5.69 Å². The predicted molar refractivity (Wildman–Crippen MR) is 80.2 cm³/mol. The van der Waals surface area contributed by atoms with Crippen molar-refractivity contribution in [1.82, 2.24) is 10.3 Å². The molecule has 0 aliphatic carbocycles. The number of pyridine rings is 1. The van der Waals surface area contributed by atoms with E-state index < -0.39 is 29.2 Å². The summed E-state index contributed by atoms with van der Waals surface area (Å²) in [6, 6.07) is 6.03. The minimum atomic E-state index is -1.07. The van der Waals surface area contributed by atoms with E-state index in [9.17, 15) is 23.5 Å². The summed E-state index contributed by atoms with van der Waals surface area (Å²) in [5.41, 5.74) is 0.164. The lowest BCUT2D eigenvalue weighted by atomic mass is 10.1. The van der Waals surface area contributed by atoms with Crippen LogP contribution in [0.15, 0.2) is 35.1 Å². The molecule has 0 saturated heterocycles. The second-order valence-electron chi connectivity index (χ2n) is 5.19. The number of rotatable bonds is 5. The zero-order chi connectivity index (χ0) is 17.0. The van der Waals surface area contributed by atoms with E-state index in [0.717, 1.165) is 12.1 Å². The number of nitrogens with one attached hydrogen (secondary N) is 2. The maximum absolute atomic E-state index is 13.5. The molecule has 1 aromatic carbocycles. The van der Waals surface area contributed by atoms with Crippen molar-refractivity contribution < 1.29 is 18.7 Å². The summed E-state index contributed by atoms with van der Waals surface area (Å²) >= 11 is 0.